The van der Waals surface area contributed by atoms with Gasteiger partial charge < -0.3 is 10.1 Å². The van der Waals surface area contributed by atoms with Crippen molar-refractivity contribution in [2.75, 3.05) is 12.4 Å². The highest BCUT2D eigenvalue weighted by molar-refractivity contribution is 5.48. The zero-order valence-electron chi connectivity index (χ0n) is 12.1. The molecule has 2 aromatic rings. The van der Waals surface area contributed by atoms with Crippen LogP contribution >= 0.6 is 0 Å². The molecule has 0 fully saturated rings. The Morgan fingerprint density at radius 3 is 2.30 bits per heavy atom. The van der Waals surface area contributed by atoms with E-state index in [4.69, 9.17) is 4.74 Å². The topological polar surface area (TPSA) is 21.3 Å². The molecule has 0 spiro atoms. The number of para-hydroxylation sites is 1. The number of hydrogen-bond donors (Lipinski definition) is 1. The van der Waals surface area contributed by atoms with Crippen LogP contribution in [0.5, 0.6) is 5.75 Å². The first-order valence-corrected chi connectivity index (χ1v) is 6.76. The van der Waals surface area contributed by atoms with Crippen LogP contribution in [0.25, 0.3) is 0 Å². The fourth-order valence-corrected chi connectivity index (χ4v) is 2.33. The number of benzene rings is 2. The summed E-state index contributed by atoms with van der Waals surface area (Å²) in [5, 5.41) is 3.60. The van der Waals surface area contributed by atoms with E-state index in [-0.39, 0.29) is 5.54 Å². The van der Waals surface area contributed by atoms with Crippen LogP contribution in [-0.2, 0) is 5.54 Å². The van der Waals surface area contributed by atoms with Crippen LogP contribution in [-0.4, -0.2) is 7.11 Å². The SMILES string of the molecule is C=CCC(C)(Nc1ccccc1)c1ccc(OC)cc1. The second kappa shape index (κ2) is 6.29. The van der Waals surface area contributed by atoms with Gasteiger partial charge in [-0.15, -0.1) is 6.58 Å². The van der Waals surface area contributed by atoms with E-state index in [0.29, 0.717) is 0 Å². The number of rotatable bonds is 6. The molecule has 0 amide bonds. The first kappa shape index (κ1) is 14.2. The summed E-state index contributed by atoms with van der Waals surface area (Å²) in [7, 11) is 1.68. The van der Waals surface area contributed by atoms with Gasteiger partial charge in [-0.05, 0) is 43.2 Å². The zero-order chi connectivity index (χ0) is 14.4. The lowest BCUT2D eigenvalue weighted by molar-refractivity contribution is 0.414. The molecule has 1 unspecified atom stereocenters. The van der Waals surface area contributed by atoms with Gasteiger partial charge in [0, 0.05) is 5.69 Å². The molecule has 0 saturated carbocycles. The van der Waals surface area contributed by atoms with Crippen LogP contribution in [0, 0.1) is 0 Å². The van der Waals surface area contributed by atoms with Crippen molar-refractivity contribution in [2.45, 2.75) is 18.9 Å². The minimum absolute atomic E-state index is 0.185. The van der Waals surface area contributed by atoms with Crippen molar-refractivity contribution in [3.8, 4) is 5.75 Å². The molecule has 0 aromatic heterocycles. The van der Waals surface area contributed by atoms with Gasteiger partial charge in [0.05, 0.1) is 12.6 Å². The summed E-state index contributed by atoms with van der Waals surface area (Å²) in [6, 6.07) is 18.4. The lowest BCUT2D eigenvalue weighted by Crippen LogP contribution is -2.31. The van der Waals surface area contributed by atoms with Crippen molar-refractivity contribution in [1.82, 2.24) is 0 Å². The molecular formula is C18H21NO. The maximum Gasteiger partial charge on any atom is 0.118 e. The van der Waals surface area contributed by atoms with Crippen LogP contribution in [0.2, 0.25) is 0 Å². The van der Waals surface area contributed by atoms with E-state index in [1.807, 2.05) is 36.4 Å². The van der Waals surface area contributed by atoms with Crippen LogP contribution in [0.15, 0.2) is 67.3 Å². The van der Waals surface area contributed by atoms with Gasteiger partial charge in [0.1, 0.15) is 5.75 Å². The molecule has 1 N–H and O–H groups in total. The molecule has 0 aliphatic heterocycles. The van der Waals surface area contributed by atoms with Crippen molar-refractivity contribution in [3.05, 3.63) is 72.8 Å². The summed E-state index contributed by atoms with van der Waals surface area (Å²) >= 11 is 0. The number of anilines is 1. The highest BCUT2D eigenvalue weighted by Crippen LogP contribution is 2.31. The third kappa shape index (κ3) is 3.21. The van der Waals surface area contributed by atoms with E-state index in [1.165, 1.54) is 5.56 Å². The van der Waals surface area contributed by atoms with Gasteiger partial charge in [-0.1, -0.05) is 36.4 Å². The zero-order valence-corrected chi connectivity index (χ0v) is 12.1. The molecule has 2 rings (SSSR count). The summed E-state index contributed by atoms with van der Waals surface area (Å²) in [5.41, 5.74) is 2.13. The molecule has 0 radical (unpaired) electrons. The predicted molar refractivity (Wildman–Crippen MR) is 85.2 cm³/mol. The smallest absolute Gasteiger partial charge is 0.118 e. The quantitative estimate of drug-likeness (QED) is 0.772. The Hall–Kier alpha value is -2.22. The average Bonchev–Trinajstić information content (AvgIpc) is 2.48. The number of methoxy groups -OCH3 is 1. The maximum atomic E-state index is 5.22. The van der Waals surface area contributed by atoms with Gasteiger partial charge in [-0.2, -0.15) is 0 Å². The third-order valence-electron chi connectivity index (χ3n) is 3.47. The van der Waals surface area contributed by atoms with Gasteiger partial charge in [0.25, 0.3) is 0 Å². The highest BCUT2D eigenvalue weighted by atomic mass is 16.5. The molecule has 2 heteroatoms. The molecule has 0 saturated heterocycles. The number of nitrogens with one attached hydrogen (secondary N) is 1. The van der Waals surface area contributed by atoms with Crippen molar-refractivity contribution in [1.29, 1.82) is 0 Å². The van der Waals surface area contributed by atoms with Crippen molar-refractivity contribution < 1.29 is 4.74 Å². The van der Waals surface area contributed by atoms with Crippen LogP contribution < -0.4 is 10.1 Å². The molecule has 0 aliphatic carbocycles. The second-order valence-corrected chi connectivity index (χ2v) is 5.04. The first-order chi connectivity index (χ1) is 9.68. The Morgan fingerprint density at radius 2 is 1.75 bits per heavy atom. The maximum absolute atomic E-state index is 5.22. The molecule has 2 nitrogen and oxygen atoms in total. The Morgan fingerprint density at radius 1 is 1.10 bits per heavy atom. The van der Waals surface area contributed by atoms with Gasteiger partial charge in [0.2, 0.25) is 0 Å². The second-order valence-electron chi connectivity index (χ2n) is 5.04. The van der Waals surface area contributed by atoms with Crippen molar-refractivity contribution in [2.24, 2.45) is 0 Å². The summed E-state index contributed by atoms with van der Waals surface area (Å²) in [5.74, 6) is 0.870. The standard InChI is InChI=1S/C18H21NO/c1-4-14-18(2,19-16-8-6-5-7-9-16)15-10-12-17(20-3)13-11-15/h4-13,19H,1,14H2,2-3H3. The minimum atomic E-state index is -0.185. The summed E-state index contributed by atoms with van der Waals surface area (Å²) < 4.78 is 5.22. The molecule has 1 atom stereocenters. The Kier molecular flexibility index (Phi) is 4.46. The molecule has 0 bridgehead atoms. The molecule has 2 aromatic carbocycles. The molecule has 104 valence electrons. The van der Waals surface area contributed by atoms with E-state index in [1.54, 1.807) is 7.11 Å². The third-order valence-corrected chi connectivity index (χ3v) is 3.47. The largest absolute Gasteiger partial charge is 0.497 e. The van der Waals surface area contributed by atoms with Gasteiger partial charge in [0.15, 0.2) is 0 Å². The molecule has 0 heterocycles. The van der Waals surface area contributed by atoms with E-state index >= 15 is 0 Å². The molecule has 20 heavy (non-hydrogen) atoms. The lowest BCUT2D eigenvalue weighted by Gasteiger charge is -2.32. The van der Waals surface area contributed by atoms with E-state index in [9.17, 15) is 0 Å². The van der Waals surface area contributed by atoms with E-state index in [0.717, 1.165) is 17.9 Å². The summed E-state index contributed by atoms with van der Waals surface area (Å²) in [4.78, 5) is 0. The summed E-state index contributed by atoms with van der Waals surface area (Å²) in [6.07, 6.45) is 2.79. The van der Waals surface area contributed by atoms with Crippen molar-refractivity contribution in [3.63, 3.8) is 0 Å². The molecular weight excluding hydrogens is 246 g/mol. The van der Waals surface area contributed by atoms with Gasteiger partial charge in [-0.3, -0.25) is 0 Å². The Balaban J connectivity index is 2.29. The normalized spacial score (nSPS) is 13.3. The number of hydrogen-bond acceptors (Lipinski definition) is 2. The van der Waals surface area contributed by atoms with Crippen LogP contribution in [0.1, 0.15) is 18.9 Å². The molecule has 0 aliphatic rings. The average molecular weight is 267 g/mol. The van der Waals surface area contributed by atoms with Gasteiger partial charge >= 0.3 is 0 Å². The monoisotopic (exact) mass is 267 g/mol. The van der Waals surface area contributed by atoms with E-state index < -0.39 is 0 Å². The van der Waals surface area contributed by atoms with E-state index in [2.05, 4.69) is 43.1 Å². The lowest BCUT2D eigenvalue weighted by atomic mass is 9.88. The van der Waals surface area contributed by atoms with Crippen LogP contribution in [0.3, 0.4) is 0 Å². The Bertz CT molecular complexity index is 547. The van der Waals surface area contributed by atoms with Gasteiger partial charge in [-0.25, -0.2) is 0 Å². The predicted octanol–water partition coefficient (Wildman–Crippen LogP) is 4.60. The summed E-state index contributed by atoms with van der Waals surface area (Å²) in [6.45, 7) is 6.07. The fourth-order valence-electron chi connectivity index (χ4n) is 2.33. The highest BCUT2D eigenvalue weighted by Gasteiger charge is 2.24. The van der Waals surface area contributed by atoms with Crippen molar-refractivity contribution >= 4 is 5.69 Å². The number of ether oxygens (including phenoxy) is 1. The Labute approximate surface area is 121 Å². The minimum Gasteiger partial charge on any atom is -0.497 e. The first-order valence-electron chi connectivity index (χ1n) is 6.76. The van der Waals surface area contributed by atoms with Crippen LogP contribution in [0.4, 0.5) is 5.69 Å². The fraction of sp³-hybridized carbons (Fsp3) is 0.222.